The predicted molar refractivity (Wildman–Crippen MR) is 138 cm³/mol. The zero-order valence-electron chi connectivity index (χ0n) is 19.2. The van der Waals surface area contributed by atoms with Gasteiger partial charge in [0.05, 0.1) is 23.6 Å². The minimum Gasteiger partial charge on any atom is -0.497 e. The van der Waals surface area contributed by atoms with Crippen molar-refractivity contribution in [3.05, 3.63) is 65.0 Å². The number of aryl methyl sites for hydroxylation is 2. The second kappa shape index (κ2) is 9.08. The lowest BCUT2D eigenvalue weighted by atomic mass is 10.1. The molecule has 1 unspecified atom stereocenters. The summed E-state index contributed by atoms with van der Waals surface area (Å²) in [5, 5.41) is 15.6. The van der Waals surface area contributed by atoms with E-state index in [9.17, 15) is 4.79 Å². The van der Waals surface area contributed by atoms with Crippen molar-refractivity contribution in [3.63, 3.8) is 0 Å². The lowest BCUT2D eigenvalue weighted by Crippen LogP contribution is -2.22. The number of fused-ring (bicyclic) bond motifs is 3. The summed E-state index contributed by atoms with van der Waals surface area (Å²) in [5.74, 6) is 0.656. The molecule has 7 nitrogen and oxygen atoms in total. The van der Waals surface area contributed by atoms with Gasteiger partial charge in [-0.1, -0.05) is 30.0 Å². The number of aromatic nitrogens is 4. The molecule has 3 heterocycles. The third-order valence-electron chi connectivity index (χ3n) is 5.66. The van der Waals surface area contributed by atoms with Crippen molar-refractivity contribution in [1.82, 2.24) is 19.6 Å². The number of benzene rings is 2. The van der Waals surface area contributed by atoms with E-state index in [2.05, 4.69) is 52.5 Å². The Kier molecular flexibility index (Phi) is 5.97. The number of hydrogen-bond acceptors (Lipinski definition) is 7. The van der Waals surface area contributed by atoms with Gasteiger partial charge >= 0.3 is 0 Å². The number of carbonyl (C=O) groups is 1. The molecule has 3 aromatic heterocycles. The first-order chi connectivity index (χ1) is 16.4. The number of thiazole rings is 1. The van der Waals surface area contributed by atoms with Gasteiger partial charge in [-0.05, 0) is 62.2 Å². The molecule has 1 N–H and O–H groups in total. The summed E-state index contributed by atoms with van der Waals surface area (Å²) in [4.78, 5) is 17.5. The van der Waals surface area contributed by atoms with Gasteiger partial charge in [0.1, 0.15) is 5.75 Å². The standard InChI is InChI=1S/C25H23N5O2S2/c1-14-6-5-7-19-15(2)12-21-28-29-25(30(21)22(14)19)34-16(3)23(31)27-24-26-20(13-33-24)17-8-10-18(32-4)11-9-17/h5-13,16H,1-4H3,(H,26,27,31). The Balaban J connectivity index is 1.35. The number of pyridine rings is 1. The molecule has 0 radical (unpaired) electrons. The van der Waals surface area contributed by atoms with Gasteiger partial charge in [0, 0.05) is 16.3 Å². The highest BCUT2D eigenvalue weighted by molar-refractivity contribution is 8.00. The molecule has 172 valence electrons. The fourth-order valence-corrected chi connectivity index (χ4v) is 5.43. The van der Waals surface area contributed by atoms with E-state index in [0.717, 1.165) is 44.7 Å². The van der Waals surface area contributed by atoms with Gasteiger partial charge in [0.25, 0.3) is 0 Å². The average Bonchev–Trinajstić information content (AvgIpc) is 3.46. The van der Waals surface area contributed by atoms with Crippen LogP contribution in [0.25, 0.3) is 27.8 Å². The van der Waals surface area contributed by atoms with Crippen molar-refractivity contribution >= 4 is 50.7 Å². The van der Waals surface area contributed by atoms with Crippen LogP contribution in [-0.2, 0) is 4.79 Å². The monoisotopic (exact) mass is 489 g/mol. The Morgan fingerprint density at radius 3 is 2.68 bits per heavy atom. The SMILES string of the molecule is COc1ccc(-c2csc(NC(=O)C(C)Sc3nnc4cc(C)c5cccc(C)c5n34)n2)cc1. The van der Waals surface area contributed by atoms with Crippen molar-refractivity contribution in [1.29, 1.82) is 0 Å². The molecule has 0 spiro atoms. The smallest absolute Gasteiger partial charge is 0.239 e. The zero-order chi connectivity index (χ0) is 23.8. The second-order valence-corrected chi connectivity index (χ2v) is 10.2. The molecule has 0 aliphatic rings. The predicted octanol–water partition coefficient (Wildman–Crippen LogP) is 5.75. The molecule has 34 heavy (non-hydrogen) atoms. The Labute approximate surface area is 205 Å². The average molecular weight is 490 g/mol. The molecule has 0 fully saturated rings. The highest BCUT2D eigenvalue weighted by atomic mass is 32.2. The summed E-state index contributed by atoms with van der Waals surface area (Å²) >= 11 is 2.78. The molecular weight excluding hydrogens is 466 g/mol. The van der Waals surface area contributed by atoms with Gasteiger partial charge in [0.15, 0.2) is 15.9 Å². The Hall–Kier alpha value is -3.43. The summed E-state index contributed by atoms with van der Waals surface area (Å²) in [6.07, 6.45) is 0. The molecule has 1 atom stereocenters. The van der Waals surface area contributed by atoms with Crippen LogP contribution in [0.1, 0.15) is 18.1 Å². The Morgan fingerprint density at radius 1 is 1.12 bits per heavy atom. The molecule has 0 aliphatic carbocycles. The van der Waals surface area contributed by atoms with E-state index in [-0.39, 0.29) is 11.2 Å². The van der Waals surface area contributed by atoms with E-state index in [1.807, 2.05) is 47.0 Å². The number of methoxy groups -OCH3 is 1. The molecule has 0 saturated carbocycles. The summed E-state index contributed by atoms with van der Waals surface area (Å²) in [5.41, 5.74) is 5.91. The topological polar surface area (TPSA) is 81.4 Å². The van der Waals surface area contributed by atoms with Gasteiger partial charge in [-0.3, -0.25) is 9.20 Å². The first kappa shape index (κ1) is 22.4. The van der Waals surface area contributed by atoms with E-state index < -0.39 is 0 Å². The minimum atomic E-state index is -0.388. The van der Waals surface area contributed by atoms with E-state index in [4.69, 9.17) is 4.74 Å². The van der Waals surface area contributed by atoms with Gasteiger partial charge in [0.2, 0.25) is 5.91 Å². The number of thioether (sulfide) groups is 1. The first-order valence-corrected chi connectivity index (χ1v) is 12.5. The molecule has 1 amide bonds. The third-order valence-corrected chi connectivity index (χ3v) is 7.46. The number of rotatable bonds is 6. The maximum absolute atomic E-state index is 12.9. The fraction of sp³-hybridized carbons (Fsp3) is 0.200. The first-order valence-electron chi connectivity index (χ1n) is 10.8. The summed E-state index contributed by atoms with van der Waals surface area (Å²) in [6, 6.07) is 15.9. The number of nitrogens with zero attached hydrogens (tertiary/aromatic N) is 4. The van der Waals surface area contributed by atoms with Crippen molar-refractivity contribution in [2.75, 3.05) is 12.4 Å². The molecule has 5 aromatic rings. The van der Waals surface area contributed by atoms with Crippen LogP contribution in [0.4, 0.5) is 5.13 Å². The van der Waals surface area contributed by atoms with Gasteiger partial charge in [-0.15, -0.1) is 21.5 Å². The number of ether oxygens (including phenoxy) is 1. The maximum atomic E-state index is 12.9. The molecule has 0 aliphatic heterocycles. The number of para-hydroxylation sites is 1. The molecular formula is C25H23N5O2S2. The zero-order valence-corrected chi connectivity index (χ0v) is 20.8. The Bertz CT molecular complexity index is 1510. The fourth-order valence-electron chi connectivity index (χ4n) is 3.85. The van der Waals surface area contributed by atoms with Crippen LogP contribution in [0.15, 0.2) is 59.1 Å². The van der Waals surface area contributed by atoms with Crippen LogP contribution >= 0.6 is 23.1 Å². The van der Waals surface area contributed by atoms with Crippen LogP contribution in [0.5, 0.6) is 5.75 Å². The van der Waals surface area contributed by atoms with Gasteiger partial charge < -0.3 is 10.1 Å². The van der Waals surface area contributed by atoms with Crippen LogP contribution < -0.4 is 10.1 Å². The number of carbonyl (C=O) groups excluding carboxylic acids is 1. The normalized spacial score (nSPS) is 12.2. The number of anilines is 1. The van der Waals surface area contributed by atoms with Crippen LogP contribution in [0.3, 0.4) is 0 Å². The van der Waals surface area contributed by atoms with E-state index in [0.29, 0.717) is 10.3 Å². The van der Waals surface area contributed by atoms with E-state index in [1.165, 1.54) is 23.1 Å². The summed E-state index contributed by atoms with van der Waals surface area (Å²) in [7, 11) is 1.64. The van der Waals surface area contributed by atoms with Crippen LogP contribution in [0.2, 0.25) is 0 Å². The highest BCUT2D eigenvalue weighted by Gasteiger charge is 2.21. The lowest BCUT2D eigenvalue weighted by molar-refractivity contribution is -0.115. The molecule has 2 aromatic carbocycles. The quantitative estimate of drug-likeness (QED) is 0.306. The summed E-state index contributed by atoms with van der Waals surface area (Å²) < 4.78 is 7.25. The number of amides is 1. The van der Waals surface area contributed by atoms with Crippen LogP contribution in [0, 0.1) is 13.8 Å². The third kappa shape index (κ3) is 4.12. The molecule has 0 bridgehead atoms. The van der Waals surface area contributed by atoms with Crippen molar-refractivity contribution in [3.8, 4) is 17.0 Å². The van der Waals surface area contributed by atoms with Crippen molar-refractivity contribution in [2.24, 2.45) is 0 Å². The number of hydrogen-bond donors (Lipinski definition) is 1. The van der Waals surface area contributed by atoms with Crippen molar-refractivity contribution in [2.45, 2.75) is 31.2 Å². The molecule has 9 heteroatoms. The van der Waals surface area contributed by atoms with Gasteiger partial charge in [-0.25, -0.2) is 4.98 Å². The van der Waals surface area contributed by atoms with Crippen LogP contribution in [-0.4, -0.2) is 37.8 Å². The van der Waals surface area contributed by atoms with E-state index in [1.54, 1.807) is 7.11 Å². The Morgan fingerprint density at radius 2 is 1.91 bits per heavy atom. The van der Waals surface area contributed by atoms with Crippen molar-refractivity contribution < 1.29 is 9.53 Å². The molecule has 5 rings (SSSR count). The number of nitrogens with one attached hydrogen (secondary N) is 1. The van der Waals surface area contributed by atoms with Gasteiger partial charge in [-0.2, -0.15) is 0 Å². The summed E-state index contributed by atoms with van der Waals surface area (Å²) in [6.45, 7) is 6.02. The highest BCUT2D eigenvalue weighted by Crippen LogP contribution is 2.31. The minimum absolute atomic E-state index is 0.134. The lowest BCUT2D eigenvalue weighted by Gasteiger charge is -2.12. The molecule has 0 saturated heterocycles. The maximum Gasteiger partial charge on any atom is 0.239 e. The van der Waals surface area contributed by atoms with E-state index >= 15 is 0 Å². The second-order valence-electron chi connectivity index (χ2n) is 7.99. The largest absolute Gasteiger partial charge is 0.497 e.